The molecule has 0 spiro atoms. The Labute approximate surface area is 366 Å². The van der Waals surface area contributed by atoms with E-state index in [9.17, 15) is 39.6 Å². The molecule has 4 aromatic carbocycles. The second-order valence-corrected chi connectivity index (χ2v) is 15.8. The van der Waals surface area contributed by atoms with Crippen molar-refractivity contribution in [2.75, 3.05) is 0 Å². The molecule has 0 unspecified atom stereocenters. The van der Waals surface area contributed by atoms with Crippen LogP contribution in [0.15, 0.2) is 164 Å². The Morgan fingerprint density at radius 1 is 0.328 bits per heavy atom. The second kappa shape index (κ2) is 15.7. The van der Waals surface area contributed by atoms with Gasteiger partial charge in [-0.15, -0.1) is 0 Å². The van der Waals surface area contributed by atoms with Gasteiger partial charge in [0.2, 0.25) is 0 Å². The molecule has 0 atom stereocenters. The summed E-state index contributed by atoms with van der Waals surface area (Å²) in [5, 5.41) is 42.2. The van der Waals surface area contributed by atoms with Crippen molar-refractivity contribution in [3.8, 4) is 0 Å². The first-order valence-corrected chi connectivity index (χ1v) is 20.1. The lowest BCUT2D eigenvalue weighted by Gasteiger charge is -2.16. The maximum Gasteiger partial charge on any atom is 0.336 e. The minimum Gasteiger partial charge on any atom is -0.478 e. The smallest absolute Gasteiger partial charge is 0.336 e. The maximum absolute atomic E-state index is 12.9. The van der Waals surface area contributed by atoms with E-state index >= 15 is 0 Å². The Morgan fingerprint density at radius 3 is 0.719 bits per heavy atom. The van der Waals surface area contributed by atoms with Crippen molar-refractivity contribution in [2.24, 2.45) is 20.0 Å². The fourth-order valence-corrected chi connectivity index (χ4v) is 8.40. The van der Waals surface area contributed by atoms with E-state index in [2.05, 4.69) is 0 Å². The standard InChI is InChI=1S/C52H36N4O8/c1-25-5-9-29(33(21-25)49(57)58)45-37-13-15-39(53-37)46(30-10-6-26(2)22-34(30)50(59)60)41-17-19-43(55-41)48(32-12-8-28(4)24-36(32)52(63)64)44-20-18-42(56-44)47(40-16-14-38(45)54-40)31-11-7-27(3)23-35(31)51(61)62/h5-24H,1-4H3,(H,57,58)(H,59,60)(H,61,62)(H,63,64). The van der Waals surface area contributed by atoms with Crippen molar-refractivity contribution in [3.63, 3.8) is 0 Å². The first-order valence-electron chi connectivity index (χ1n) is 20.1. The Hall–Kier alpha value is -8.64. The molecule has 0 radical (unpaired) electrons. The molecule has 0 amide bonds. The molecule has 9 rings (SSSR count). The molecule has 5 heterocycles. The number of hydrogen-bond donors (Lipinski definition) is 4. The molecule has 8 bridgehead atoms. The summed E-state index contributed by atoms with van der Waals surface area (Å²) in [6.07, 6.45) is 13.7. The summed E-state index contributed by atoms with van der Waals surface area (Å²) in [7, 11) is 0. The van der Waals surface area contributed by atoms with Crippen LogP contribution in [0.5, 0.6) is 0 Å². The van der Waals surface area contributed by atoms with E-state index in [0.717, 1.165) is 0 Å². The lowest BCUT2D eigenvalue weighted by atomic mass is 9.93. The van der Waals surface area contributed by atoms with Crippen molar-refractivity contribution in [2.45, 2.75) is 27.7 Å². The Morgan fingerprint density at radius 2 is 0.531 bits per heavy atom. The number of benzene rings is 4. The fraction of sp³-hybridized carbons (Fsp3) is 0.0769. The number of hydrogen-bond acceptors (Lipinski definition) is 8. The van der Waals surface area contributed by atoms with Crippen molar-refractivity contribution < 1.29 is 39.6 Å². The summed E-state index contributed by atoms with van der Waals surface area (Å²) in [5.74, 6) is -4.72. The molecule has 5 aliphatic rings. The third-order valence-corrected chi connectivity index (χ3v) is 11.3. The minimum atomic E-state index is -1.18. The molecule has 0 aromatic heterocycles. The second-order valence-electron chi connectivity index (χ2n) is 15.8. The van der Waals surface area contributed by atoms with E-state index < -0.39 is 23.9 Å². The number of aryl methyl sites for hydroxylation is 4. The van der Waals surface area contributed by atoms with Crippen molar-refractivity contribution in [1.29, 1.82) is 0 Å². The average molecular weight is 845 g/mol. The van der Waals surface area contributed by atoms with Crippen LogP contribution in [-0.2, 0) is 0 Å². The summed E-state index contributed by atoms with van der Waals surface area (Å²) < 4.78 is 0. The zero-order valence-corrected chi connectivity index (χ0v) is 34.8. The van der Waals surface area contributed by atoms with Gasteiger partial charge in [-0.25, -0.2) is 39.1 Å². The van der Waals surface area contributed by atoms with Crippen LogP contribution in [0.4, 0.5) is 0 Å². The van der Waals surface area contributed by atoms with Crippen LogP contribution in [0.25, 0.3) is 22.3 Å². The lowest BCUT2D eigenvalue weighted by molar-refractivity contribution is 0.0685. The molecule has 12 heteroatoms. The molecule has 312 valence electrons. The van der Waals surface area contributed by atoms with Gasteiger partial charge in [-0.1, -0.05) is 70.8 Å². The summed E-state index contributed by atoms with van der Waals surface area (Å²) in [6.45, 7) is 7.15. The van der Waals surface area contributed by atoms with Crippen LogP contribution in [0, 0.1) is 27.7 Å². The van der Waals surface area contributed by atoms with E-state index in [1.165, 1.54) is 0 Å². The zero-order valence-electron chi connectivity index (χ0n) is 34.8. The lowest BCUT2D eigenvalue weighted by Crippen LogP contribution is -2.10. The van der Waals surface area contributed by atoms with E-state index in [1.807, 2.05) is 0 Å². The van der Waals surface area contributed by atoms with Crippen LogP contribution in [0.2, 0.25) is 0 Å². The number of aliphatic imine (C=N–C) groups is 4. The summed E-state index contributed by atoms with van der Waals surface area (Å²) in [4.78, 5) is 72.1. The fourth-order valence-electron chi connectivity index (χ4n) is 8.40. The van der Waals surface area contributed by atoms with Gasteiger partial charge in [0.25, 0.3) is 0 Å². The van der Waals surface area contributed by atoms with Gasteiger partial charge in [0.1, 0.15) is 0 Å². The summed E-state index contributed by atoms with van der Waals surface area (Å²) in [5.41, 5.74) is 8.07. The predicted molar refractivity (Wildman–Crippen MR) is 247 cm³/mol. The monoisotopic (exact) mass is 844 g/mol. The highest BCUT2D eigenvalue weighted by atomic mass is 16.4. The largest absolute Gasteiger partial charge is 0.478 e. The molecule has 12 nitrogen and oxygen atoms in total. The van der Waals surface area contributed by atoms with Gasteiger partial charge in [-0.2, -0.15) is 0 Å². The first kappa shape index (κ1) is 40.7. The van der Waals surface area contributed by atoms with Gasteiger partial charge >= 0.3 is 23.9 Å². The number of fused-ring (bicyclic) bond motifs is 4. The van der Waals surface area contributed by atoms with Gasteiger partial charge in [-0.05, 0) is 101 Å². The number of rotatable bonds is 8. The van der Waals surface area contributed by atoms with Crippen LogP contribution < -0.4 is 0 Å². The minimum absolute atomic E-state index is 0.00473. The molecular formula is C52H36N4O8. The molecule has 4 N–H and O–H groups in total. The zero-order chi connectivity index (χ0) is 45.1. The van der Waals surface area contributed by atoms with Gasteiger partial charge in [-0.3, -0.25) is 0 Å². The normalized spacial score (nSPS) is 16.2. The van der Waals surface area contributed by atoms with Gasteiger partial charge in [0.05, 0.1) is 67.9 Å². The van der Waals surface area contributed by atoms with Gasteiger partial charge in [0.15, 0.2) is 0 Å². The molecule has 0 fully saturated rings. The molecule has 5 aliphatic heterocycles. The van der Waals surface area contributed by atoms with E-state index in [0.29, 0.717) is 112 Å². The summed E-state index contributed by atoms with van der Waals surface area (Å²) >= 11 is 0. The number of allylic oxidation sites excluding steroid dienone is 12. The molecule has 0 aliphatic carbocycles. The van der Waals surface area contributed by atoms with Crippen LogP contribution in [-0.4, -0.2) is 67.2 Å². The Kier molecular flexibility index (Phi) is 9.98. The Bertz CT molecular complexity index is 2860. The van der Waals surface area contributed by atoms with Crippen LogP contribution in [0.3, 0.4) is 0 Å². The molecule has 0 saturated carbocycles. The average Bonchev–Trinajstić information content (AvgIpc) is 4.10. The molecule has 0 saturated heterocycles. The molecule has 64 heavy (non-hydrogen) atoms. The predicted octanol–water partition coefficient (Wildman–Crippen LogP) is 9.71. The number of aromatic carboxylic acids is 4. The van der Waals surface area contributed by atoms with Crippen molar-refractivity contribution in [3.05, 3.63) is 211 Å². The topological polar surface area (TPSA) is 199 Å². The molecular weight excluding hydrogens is 809 g/mol. The van der Waals surface area contributed by atoms with Crippen LogP contribution in [0.1, 0.15) is 85.9 Å². The number of carboxylic acid groups (broad SMARTS) is 4. The number of carbonyl (C=O) groups is 4. The highest BCUT2D eigenvalue weighted by molar-refractivity contribution is 6.40. The van der Waals surface area contributed by atoms with E-state index in [-0.39, 0.29) is 22.3 Å². The molecule has 4 aromatic rings. The highest BCUT2D eigenvalue weighted by Crippen LogP contribution is 2.41. The highest BCUT2D eigenvalue weighted by Gasteiger charge is 2.32. The van der Waals surface area contributed by atoms with E-state index in [4.69, 9.17) is 20.0 Å². The number of carboxylic acids is 4. The van der Waals surface area contributed by atoms with Crippen LogP contribution >= 0.6 is 0 Å². The third-order valence-electron chi connectivity index (χ3n) is 11.3. The third kappa shape index (κ3) is 7.12. The first-order chi connectivity index (χ1) is 30.7. The van der Waals surface area contributed by atoms with Crippen molar-refractivity contribution in [1.82, 2.24) is 0 Å². The Balaban J connectivity index is 1.44. The van der Waals surface area contributed by atoms with Gasteiger partial charge < -0.3 is 20.4 Å². The van der Waals surface area contributed by atoms with E-state index in [1.54, 1.807) is 149 Å². The SMILES string of the molecule is Cc1ccc(C2=C3C=CC(=N3)C(c3ccc(C)cc3C(=O)O)=C3C=CC(=N3)C(c3ccc(C)cc3C(=O)O)=C3C=CC(=N3)C(c3ccc(C)cc3C(=O)O)=C3C=CC2=N3)c(C(=O)O)c1. The maximum atomic E-state index is 12.9. The number of nitrogens with zero attached hydrogens (tertiary/aromatic N) is 4. The van der Waals surface area contributed by atoms with Gasteiger partial charge in [0, 0.05) is 44.5 Å². The summed E-state index contributed by atoms with van der Waals surface area (Å²) in [6, 6.07) is 20.2. The quantitative estimate of drug-likeness (QED) is 0.134. The van der Waals surface area contributed by atoms with Crippen molar-refractivity contribution >= 4 is 69.0 Å².